The first-order valence-corrected chi connectivity index (χ1v) is 7.72. The monoisotopic (exact) mass is 328 g/mol. The maximum Gasteiger partial charge on any atom is 0.129 e. The van der Waals surface area contributed by atoms with E-state index in [4.69, 9.17) is 0 Å². The van der Waals surface area contributed by atoms with Crippen molar-refractivity contribution in [2.75, 3.05) is 26.7 Å². The number of nitrogens with zero attached hydrogens (tertiary/aromatic N) is 1. The summed E-state index contributed by atoms with van der Waals surface area (Å²) in [7, 11) is 2.17. The second-order valence-electron chi connectivity index (χ2n) is 5.54. The molecule has 0 radical (unpaired) electrons. The lowest BCUT2D eigenvalue weighted by atomic mass is 9.96. The van der Waals surface area contributed by atoms with Crippen LogP contribution in [0.2, 0.25) is 0 Å². The highest BCUT2D eigenvalue weighted by atomic mass is 79.9. The van der Waals surface area contributed by atoms with E-state index in [9.17, 15) is 4.39 Å². The fourth-order valence-corrected chi connectivity index (χ4v) is 2.91. The van der Waals surface area contributed by atoms with Gasteiger partial charge in [-0.3, -0.25) is 0 Å². The maximum atomic E-state index is 13.8. The molecule has 106 valence electrons. The van der Waals surface area contributed by atoms with Gasteiger partial charge in [-0.15, -0.1) is 0 Å². The van der Waals surface area contributed by atoms with Crippen molar-refractivity contribution in [2.45, 2.75) is 25.8 Å². The molecule has 1 N–H and O–H groups in total. The zero-order valence-corrected chi connectivity index (χ0v) is 13.2. The van der Waals surface area contributed by atoms with Crippen LogP contribution in [0.3, 0.4) is 0 Å². The highest BCUT2D eigenvalue weighted by molar-refractivity contribution is 9.10. The first-order chi connectivity index (χ1) is 9.06. The quantitative estimate of drug-likeness (QED) is 0.908. The molecular formula is C15H22BrFN2. The van der Waals surface area contributed by atoms with Gasteiger partial charge in [0.1, 0.15) is 5.82 Å². The molecule has 2 nitrogen and oxygen atoms in total. The Hall–Kier alpha value is -0.450. The molecule has 19 heavy (non-hydrogen) atoms. The number of hydrogen-bond acceptors (Lipinski definition) is 2. The van der Waals surface area contributed by atoms with E-state index >= 15 is 0 Å². The molecule has 0 amide bonds. The van der Waals surface area contributed by atoms with Crippen molar-refractivity contribution < 1.29 is 4.39 Å². The third-order valence-corrected chi connectivity index (χ3v) is 4.47. The van der Waals surface area contributed by atoms with Crippen LogP contribution in [0.5, 0.6) is 0 Å². The fraction of sp³-hybridized carbons (Fsp3) is 0.600. The third-order valence-electron chi connectivity index (χ3n) is 3.98. The van der Waals surface area contributed by atoms with Crippen LogP contribution in [0.15, 0.2) is 22.7 Å². The van der Waals surface area contributed by atoms with Gasteiger partial charge in [0.15, 0.2) is 0 Å². The fourth-order valence-electron chi connectivity index (χ4n) is 2.57. The molecular weight excluding hydrogens is 307 g/mol. The molecule has 4 heteroatoms. The average molecular weight is 329 g/mol. The Morgan fingerprint density at radius 2 is 2.11 bits per heavy atom. The topological polar surface area (TPSA) is 15.3 Å². The average Bonchev–Trinajstić information content (AvgIpc) is 2.37. The Bertz CT molecular complexity index is 417. The summed E-state index contributed by atoms with van der Waals surface area (Å²) in [6.07, 6.45) is 2.47. The van der Waals surface area contributed by atoms with Crippen molar-refractivity contribution in [3.05, 3.63) is 34.1 Å². The predicted molar refractivity (Wildman–Crippen MR) is 80.7 cm³/mol. The molecule has 0 saturated carbocycles. The van der Waals surface area contributed by atoms with E-state index in [2.05, 4.69) is 33.2 Å². The first kappa shape index (κ1) is 14.9. The minimum Gasteiger partial charge on any atom is -0.310 e. The molecule has 0 bridgehead atoms. The second kappa shape index (κ2) is 6.82. The van der Waals surface area contributed by atoms with Gasteiger partial charge in [-0.05, 0) is 64.5 Å². The van der Waals surface area contributed by atoms with Crippen LogP contribution in [0.25, 0.3) is 0 Å². The zero-order chi connectivity index (χ0) is 13.8. The van der Waals surface area contributed by atoms with Crippen LogP contribution in [-0.2, 0) is 0 Å². The van der Waals surface area contributed by atoms with Crippen LogP contribution in [0.1, 0.15) is 31.4 Å². The van der Waals surface area contributed by atoms with Gasteiger partial charge in [-0.2, -0.15) is 0 Å². The SMILES string of the molecule is CC(NCC1CCN(C)CC1)c1ccc(Br)cc1F. The molecule has 1 unspecified atom stereocenters. The number of hydrogen-bond donors (Lipinski definition) is 1. The number of nitrogens with one attached hydrogen (secondary N) is 1. The Morgan fingerprint density at radius 3 is 2.74 bits per heavy atom. The Balaban J connectivity index is 1.85. The summed E-state index contributed by atoms with van der Waals surface area (Å²) in [5.41, 5.74) is 0.746. The van der Waals surface area contributed by atoms with Gasteiger partial charge in [0.05, 0.1) is 0 Å². The summed E-state index contributed by atoms with van der Waals surface area (Å²) in [6.45, 7) is 5.35. The lowest BCUT2D eigenvalue weighted by molar-refractivity contribution is 0.213. The molecule has 1 atom stereocenters. The van der Waals surface area contributed by atoms with Crippen molar-refractivity contribution in [1.82, 2.24) is 10.2 Å². The van der Waals surface area contributed by atoms with Crippen molar-refractivity contribution in [3.8, 4) is 0 Å². The minimum atomic E-state index is -0.141. The van der Waals surface area contributed by atoms with E-state index < -0.39 is 0 Å². The van der Waals surface area contributed by atoms with Gasteiger partial charge in [-0.25, -0.2) is 4.39 Å². The summed E-state index contributed by atoms with van der Waals surface area (Å²) in [6, 6.07) is 5.34. The summed E-state index contributed by atoms with van der Waals surface area (Å²) in [4.78, 5) is 2.37. The molecule has 1 fully saturated rings. The molecule has 0 aliphatic carbocycles. The van der Waals surface area contributed by atoms with Gasteiger partial charge >= 0.3 is 0 Å². The van der Waals surface area contributed by atoms with Crippen molar-refractivity contribution in [1.29, 1.82) is 0 Å². The van der Waals surface area contributed by atoms with Crippen molar-refractivity contribution in [2.24, 2.45) is 5.92 Å². The van der Waals surface area contributed by atoms with E-state index in [1.165, 1.54) is 32.0 Å². The molecule has 1 aromatic carbocycles. The first-order valence-electron chi connectivity index (χ1n) is 6.93. The summed E-state index contributed by atoms with van der Waals surface area (Å²) >= 11 is 3.29. The van der Waals surface area contributed by atoms with Gasteiger partial charge in [0, 0.05) is 16.1 Å². The van der Waals surface area contributed by atoms with Crippen molar-refractivity contribution in [3.63, 3.8) is 0 Å². The molecule has 1 aliphatic heterocycles. The lowest BCUT2D eigenvalue weighted by Crippen LogP contribution is -2.35. The van der Waals surface area contributed by atoms with E-state index in [0.29, 0.717) is 0 Å². The molecule has 1 saturated heterocycles. The van der Waals surface area contributed by atoms with Crippen LogP contribution in [-0.4, -0.2) is 31.6 Å². The normalized spacial score (nSPS) is 19.6. The van der Waals surface area contributed by atoms with Crippen LogP contribution >= 0.6 is 15.9 Å². The molecule has 0 aromatic heterocycles. The van der Waals surface area contributed by atoms with Crippen LogP contribution in [0.4, 0.5) is 4.39 Å². The molecule has 1 aromatic rings. The number of likely N-dealkylation sites (tertiary alicyclic amines) is 1. The highest BCUT2D eigenvalue weighted by Crippen LogP contribution is 2.22. The Kier molecular flexibility index (Phi) is 5.37. The molecule has 2 rings (SSSR count). The van der Waals surface area contributed by atoms with Gasteiger partial charge in [-0.1, -0.05) is 22.0 Å². The Morgan fingerprint density at radius 1 is 1.42 bits per heavy atom. The van der Waals surface area contributed by atoms with E-state index in [1.807, 2.05) is 19.1 Å². The number of rotatable bonds is 4. The lowest BCUT2D eigenvalue weighted by Gasteiger charge is -2.30. The van der Waals surface area contributed by atoms with E-state index in [0.717, 1.165) is 22.5 Å². The smallest absolute Gasteiger partial charge is 0.129 e. The number of halogens is 2. The standard InChI is InChI=1S/C15H22BrFN2/c1-11(14-4-3-13(16)9-15(14)17)18-10-12-5-7-19(2)8-6-12/h3-4,9,11-12,18H,5-8,10H2,1-2H3. The Labute approximate surface area is 123 Å². The minimum absolute atomic E-state index is 0.0627. The molecule has 0 spiro atoms. The summed E-state index contributed by atoms with van der Waals surface area (Å²) in [5, 5.41) is 3.47. The summed E-state index contributed by atoms with van der Waals surface area (Å²) in [5.74, 6) is 0.579. The highest BCUT2D eigenvalue weighted by Gasteiger charge is 2.18. The molecule has 1 heterocycles. The predicted octanol–water partition coefficient (Wildman–Crippen LogP) is 3.58. The largest absolute Gasteiger partial charge is 0.310 e. The van der Waals surface area contributed by atoms with Gasteiger partial charge in [0.2, 0.25) is 0 Å². The second-order valence-corrected chi connectivity index (χ2v) is 6.46. The number of piperidine rings is 1. The van der Waals surface area contributed by atoms with E-state index in [-0.39, 0.29) is 11.9 Å². The third kappa shape index (κ3) is 4.26. The number of benzene rings is 1. The van der Waals surface area contributed by atoms with Gasteiger partial charge < -0.3 is 10.2 Å². The zero-order valence-electron chi connectivity index (χ0n) is 11.6. The maximum absolute atomic E-state index is 13.8. The van der Waals surface area contributed by atoms with Crippen LogP contribution < -0.4 is 5.32 Å². The molecule has 1 aliphatic rings. The van der Waals surface area contributed by atoms with Gasteiger partial charge in [0.25, 0.3) is 0 Å². The van der Waals surface area contributed by atoms with Crippen molar-refractivity contribution >= 4 is 15.9 Å². The van der Waals surface area contributed by atoms with Crippen LogP contribution in [0, 0.1) is 11.7 Å². The summed E-state index contributed by atoms with van der Waals surface area (Å²) < 4.78 is 14.6. The van der Waals surface area contributed by atoms with E-state index in [1.54, 1.807) is 0 Å².